The third-order valence-corrected chi connectivity index (χ3v) is 2.65. The fraction of sp³-hybridized carbons (Fsp3) is 0. The molecule has 0 amide bonds. The molecular weight excluding hydrogens is 246 g/mol. The summed E-state index contributed by atoms with van der Waals surface area (Å²) in [5.74, 6) is -1.03. The van der Waals surface area contributed by atoms with E-state index in [1.54, 1.807) is 11.0 Å². The minimum absolute atomic E-state index is 0.0651. The average Bonchev–Trinajstić information content (AvgIpc) is 3.11. The summed E-state index contributed by atoms with van der Waals surface area (Å²) in [4.78, 5) is 14.6. The Balaban J connectivity index is 1.91. The lowest BCUT2D eigenvalue weighted by Gasteiger charge is -2.01. The second-order valence-electron chi connectivity index (χ2n) is 3.86. The van der Waals surface area contributed by atoms with Crippen LogP contribution in [-0.4, -0.2) is 36.0 Å². The van der Waals surface area contributed by atoms with Crippen LogP contribution in [0.5, 0.6) is 0 Å². The molecule has 7 heteroatoms. The molecule has 3 rings (SSSR count). The fourth-order valence-electron chi connectivity index (χ4n) is 1.71. The van der Waals surface area contributed by atoms with Crippen LogP contribution in [0, 0.1) is 0 Å². The van der Waals surface area contributed by atoms with Crippen LogP contribution in [0.4, 0.5) is 0 Å². The number of hydrogen-bond donors (Lipinski definition) is 2. The smallest absolute Gasteiger partial charge is 0.353 e. The van der Waals surface area contributed by atoms with Crippen LogP contribution in [0.25, 0.3) is 16.9 Å². The highest BCUT2D eigenvalue weighted by Gasteiger charge is 2.09. The first-order valence-electron chi connectivity index (χ1n) is 5.48. The monoisotopic (exact) mass is 255 g/mol. The van der Waals surface area contributed by atoms with Crippen LogP contribution < -0.4 is 0 Å². The van der Waals surface area contributed by atoms with E-state index in [0.717, 1.165) is 11.3 Å². The number of aromatic nitrogens is 5. The summed E-state index contributed by atoms with van der Waals surface area (Å²) in [7, 11) is 0. The van der Waals surface area contributed by atoms with Gasteiger partial charge in [-0.3, -0.25) is 5.10 Å². The molecule has 0 aliphatic carbocycles. The molecule has 3 aromatic rings. The molecule has 1 aromatic carbocycles. The van der Waals surface area contributed by atoms with E-state index in [2.05, 4.69) is 20.3 Å². The lowest BCUT2D eigenvalue weighted by Crippen LogP contribution is -1.95. The summed E-state index contributed by atoms with van der Waals surface area (Å²) in [5, 5.41) is 19.3. The maximum Gasteiger partial charge on any atom is 0.353 e. The van der Waals surface area contributed by atoms with Crippen LogP contribution in [0.2, 0.25) is 0 Å². The van der Waals surface area contributed by atoms with Crippen LogP contribution in [-0.2, 0) is 0 Å². The number of carboxylic acids is 1. The summed E-state index contributed by atoms with van der Waals surface area (Å²) in [6.45, 7) is 0. The third kappa shape index (κ3) is 2.08. The first-order chi connectivity index (χ1) is 9.24. The molecule has 19 heavy (non-hydrogen) atoms. The normalized spacial score (nSPS) is 10.5. The minimum Gasteiger partial charge on any atom is -0.477 e. The highest BCUT2D eigenvalue weighted by molar-refractivity contribution is 5.86. The molecule has 0 aliphatic heterocycles. The van der Waals surface area contributed by atoms with Crippen LogP contribution in [0.3, 0.4) is 0 Å². The molecule has 0 radical (unpaired) electrons. The first kappa shape index (κ1) is 11.1. The summed E-state index contributed by atoms with van der Waals surface area (Å²) >= 11 is 0. The highest BCUT2D eigenvalue weighted by Crippen LogP contribution is 2.19. The number of aromatic amines is 1. The largest absolute Gasteiger partial charge is 0.477 e. The topological polar surface area (TPSA) is 96.7 Å². The molecule has 0 saturated carbocycles. The van der Waals surface area contributed by atoms with Crippen LogP contribution in [0.1, 0.15) is 10.5 Å². The van der Waals surface area contributed by atoms with E-state index < -0.39 is 5.97 Å². The highest BCUT2D eigenvalue weighted by atomic mass is 16.4. The van der Waals surface area contributed by atoms with E-state index in [9.17, 15) is 4.79 Å². The van der Waals surface area contributed by atoms with Crippen molar-refractivity contribution in [1.29, 1.82) is 0 Å². The Morgan fingerprint density at radius 2 is 2.05 bits per heavy atom. The lowest BCUT2D eigenvalue weighted by atomic mass is 10.1. The Hall–Kier alpha value is -2.96. The summed E-state index contributed by atoms with van der Waals surface area (Å²) in [5.41, 5.74) is 2.35. The zero-order chi connectivity index (χ0) is 13.2. The molecule has 7 nitrogen and oxygen atoms in total. The standard InChI is InChI=1S/C12H9N5O2/c18-12(19)11-5-10(15-16-11)8-1-3-9(4-2-8)17-7-13-6-14-17/h1-7H,(H,15,16)(H,18,19). The quantitative estimate of drug-likeness (QED) is 0.736. The molecule has 0 saturated heterocycles. The van der Waals surface area contributed by atoms with Gasteiger partial charge in [-0.05, 0) is 18.2 Å². The molecule has 0 unspecified atom stereocenters. The predicted molar refractivity (Wildman–Crippen MR) is 65.9 cm³/mol. The number of nitrogens with one attached hydrogen (secondary N) is 1. The number of carboxylic acid groups (broad SMARTS) is 1. The number of rotatable bonds is 3. The second kappa shape index (κ2) is 4.37. The van der Waals surface area contributed by atoms with Crippen molar-refractivity contribution < 1.29 is 9.90 Å². The van der Waals surface area contributed by atoms with Crippen molar-refractivity contribution in [2.75, 3.05) is 0 Å². The van der Waals surface area contributed by atoms with Crippen molar-refractivity contribution in [1.82, 2.24) is 25.0 Å². The van der Waals surface area contributed by atoms with Gasteiger partial charge in [-0.2, -0.15) is 10.2 Å². The van der Waals surface area contributed by atoms with Gasteiger partial charge < -0.3 is 5.11 Å². The molecule has 0 bridgehead atoms. The van der Waals surface area contributed by atoms with Gasteiger partial charge in [0.2, 0.25) is 0 Å². The van der Waals surface area contributed by atoms with E-state index in [1.807, 2.05) is 24.3 Å². The number of carbonyl (C=O) groups is 1. The Bertz CT molecular complexity index is 700. The van der Waals surface area contributed by atoms with Crippen molar-refractivity contribution in [3.8, 4) is 16.9 Å². The van der Waals surface area contributed by atoms with E-state index >= 15 is 0 Å². The van der Waals surface area contributed by atoms with Gasteiger partial charge in [-0.15, -0.1) is 0 Å². The molecule has 0 spiro atoms. The van der Waals surface area contributed by atoms with E-state index in [4.69, 9.17) is 5.11 Å². The Morgan fingerprint density at radius 1 is 1.26 bits per heavy atom. The van der Waals surface area contributed by atoms with Crippen molar-refractivity contribution in [3.05, 3.63) is 48.7 Å². The number of H-pyrrole nitrogens is 1. The van der Waals surface area contributed by atoms with E-state index in [0.29, 0.717) is 5.69 Å². The van der Waals surface area contributed by atoms with Gasteiger partial charge in [-0.25, -0.2) is 14.5 Å². The molecule has 2 aromatic heterocycles. The maximum absolute atomic E-state index is 10.8. The molecule has 0 atom stereocenters. The van der Waals surface area contributed by atoms with Crippen molar-refractivity contribution in [2.45, 2.75) is 0 Å². The number of aromatic carboxylic acids is 1. The molecular formula is C12H9N5O2. The molecule has 0 fully saturated rings. The van der Waals surface area contributed by atoms with Gasteiger partial charge in [0.05, 0.1) is 11.4 Å². The van der Waals surface area contributed by atoms with Crippen LogP contribution in [0.15, 0.2) is 43.0 Å². The van der Waals surface area contributed by atoms with Crippen molar-refractivity contribution in [2.24, 2.45) is 0 Å². The second-order valence-corrected chi connectivity index (χ2v) is 3.86. The van der Waals surface area contributed by atoms with Crippen molar-refractivity contribution >= 4 is 5.97 Å². The van der Waals surface area contributed by atoms with Gasteiger partial charge in [0, 0.05) is 5.56 Å². The molecule has 94 valence electrons. The van der Waals surface area contributed by atoms with E-state index in [-0.39, 0.29) is 5.69 Å². The Kier molecular flexibility index (Phi) is 2.57. The molecule has 2 heterocycles. The molecule has 2 N–H and O–H groups in total. The first-order valence-corrected chi connectivity index (χ1v) is 5.48. The zero-order valence-electron chi connectivity index (χ0n) is 9.69. The Morgan fingerprint density at radius 3 is 2.63 bits per heavy atom. The Labute approximate surface area is 107 Å². The molecule has 0 aliphatic rings. The zero-order valence-corrected chi connectivity index (χ0v) is 9.69. The average molecular weight is 255 g/mol. The van der Waals surface area contributed by atoms with Crippen molar-refractivity contribution in [3.63, 3.8) is 0 Å². The summed E-state index contributed by atoms with van der Waals surface area (Å²) < 4.78 is 1.64. The number of nitrogens with zero attached hydrogens (tertiary/aromatic N) is 4. The number of hydrogen-bond acceptors (Lipinski definition) is 4. The van der Waals surface area contributed by atoms with Gasteiger partial charge >= 0.3 is 5.97 Å². The van der Waals surface area contributed by atoms with Gasteiger partial charge in [0.1, 0.15) is 18.3 Å². The van der Waals surface area contributed by atoms with Crippen LogP contribution >= 0.6 is 0 Å². The summed E-state index contributed by atoms with van der Waals surface area (Å²) in [6, 6.07) is 8.91. The fourth-order valence-corrected chi connectivity index (χ4v) is 1.71. The lowest BCUT2D eigenvalue weighted by molar-refractivity contribution is 0.0690. The SMILES string of the molecule is O=C(O)c1cc(-c2ccc(-n3cncn3)cc2)n[nH]1. The predicted octanol–water partition coefficient (Wildman–Crippen LogP) is 1.36. The maximum atomic E-state index is 10.8. The van der Waals surface area contributed by atoms with Gasteiger partial charge in [-0.1, -0.05) is 12.1 Å². The van der Waals surface area contributed by atoms with Gasteiger partial charge in [0.15, 0.2) is 0 Å². The third-order valence-electron chi connectivity index (χ3n) is 2.65. The van der Waals surface area contributed by atoms with E-state index in [1.165, 1.54) is 12.4 Å². The summed E-state index contributed by atoms with van der Waals surface area (Å²) in [6.07, 6.45) is 3.06. The van der Waals surface area contributed by atoms with Gasteiger partial charge in [0.25, 0.3) is 0 Å². The number of benzene rings is 1. The minimum atomic E-state index is -1.03.